The molecule has 126 valence electrons. The van der Waals surface area contributed by atoms with Crippen LogP contribution in [0.1, 0.15) is 51.4 Å². The first-order valence-corrected chi connectivity index (χ1v) is 7.92. The van der Waals surface area contributed by atoms with Gasteiger partial charge in [-0.05, 0) is 38.5 Å². The topological polar surface area (TPSA) is 69.6 Å². The summed E-state index contributed by atoms with van der Waals surface area (Å²) in [6.45, 7) is 0. The molecule has 2 fully saturated rings. The quantitative estimate of drug-likeness (QED) is 0.840. The first-order valence-electron chi connectivity index (χ1n) is 7.92. The van der Waals surface area contributed by atoms with Gasteiger partial charge in [0.05, 0.1) is 5.92 Å². The second kappa shape index (κ2) is 6.79. The molecule has 0 bridgehead atoms. The molecule has 0 aromatic rings. The minimum absolute atomic E-state index is 0.0180. The predicted octanol–water partition coefficient (Wildman–Crippen LogP) is 2.85. The molecule has 0 atom stereocenters. The van der Waals surface area contributed by atoms with Gasteiger partial charge < -0.3 is 15.3 Å². The van der Waals surface area contributed by atoms with Gasteiger partial charge in [0.15, 0.2) is 0 Å². The highest BCUT2D eigenvalue weighted by Crippen LogP contribution is 2.34. The number of nitrogens with one attached hydrogen (secondary N) is 1. The summed E-state index contributed by atoms with van der Waals surface area (Å²) in [6.07, 6.45) is 2.75. The summed E-state index contributed by atoms with van der Waals surface area (Å²) in [4.78, 5) is 24.6. The van der Waals surface area contributed by atoms with Crippen LogP contribution in [0.3, 0.4) is 0 Å². The Bertz CT molecular complexity index is 413. The second-order valence-electron chi connectivity index (χ2n) is 6.53. The van der Waals surface area contributed by atoms with E-state index < -0.39 is 11.9 Å². The van der Waals surface area contributed by atoms with Crippen LogP contribution in [0, 0.1) is 5.92 Å². The molecule has 0 aromatic carbocycles. The highest BCUT2D eigenvalue weighted by Gasteiger charge is 2.37. The van der Waals surface area contributed by atoms with E-state index in [1.807, 2.05) is 0 Å². The summed E-state index contributed by atoms with van der Waals surface area (Å²) in [5, 5.41) is 11.9. The SMILES string of the molecule is CN(C(=O)NC1CCC(C(=O)O)CC1)C1CCC(F)(F)CC1. The van der Waals surface area contributed by atoms with Gasteiger partial charge in [-0.1, -0.05) is 0 Å². The van der Waals surface area contributed by atoms with E-state index in [-0.39, 0.29) is 36.9 Å². The molecular weight excluding hydrogens is 294 g/mol. The van der Waals surface area contributed by atoms with Gasteiger partial charge in [0.1, 0.15) is 0 Å². The van der Waals surface area contributed by atoms with E-state index in [1.165, 1.54) is 4.90 Å². The Balaban J connectivity index is 1.77. The monoisotopic (exact) mass is 318 g/mol. The van der Waals surface area contributed by atoms with Crippen molar-refractivity contribution in [1.82, 2.24) is 10.2 Å². The van der Waals surface area contributed by atoms with Crippen molar-refractivity contribution in [3.63, 3.8) is 0 Å². The molecule has 0 radical (unpaired) electrons. The molecular formula is C15H24F2N2O3. The Hall–Kier alpha value is -1.40. The highest BCUT2D eigenvalue weighted by atomic mass is 19.3. The fourth-order valence-corrected chi connectivity index (χ4v) is 3.34. The van der Waals surface area contributed by atoms with E-state index in [0.717, 1.165) is 0 Å². The van der Waals surface area contributed by atoms with Gasteiger partial charge >= 0.3 is 12.0 Å². The van der Waals surface area contributed by atoms with Gasteiger partial charge in [-0.3, -0.25) is 4.79 Å². The normalized spacial score (nSPS) is 28.9. The number of carboxylic acid groups (broad SMARTS) is 1. The summed E-state index contributed by atoms with van der Waals surface area (Å²) >= 11 is 0. The molecule has 22 heavy (non-hydrogen) atoms. The maximum atomic E-state index is 13.1. The van der Waals surface area contributed by atoms with Crippen LogP contribution in [-0.4, -0.2) is 47.1 Å². The average Bonchev–Trinajstić information content (AvgIpc) is 2.47. The number of alkyl halides is 2. The summed E-state index contributed by atoms with van der Waals surface area (Å²) in [5.74, 6) is -3.68. The molecule has 0 heterocycles. The molecule has 7 heteroatoms. The maximum Gasteiger partial charge on any atom is 0.317 e. The fraction of sp³-hybridized carbons (Fsp3) is 0.867. The van der Waals surface area contributed by atoms with Gasteiger partial charge in [-0.2, -0.15) is 0 Å². The third-order valence-electron chi connectivity index (χ3n) is 4.96. The molecule has 0 aliphatic heterocycles. The number of rotatable bonds is 3. The van der Waals surface area contributed by atoms with Crippen molar-refractivity contribution >= 4 is 12.0 Å². The predicted molar refractivity (Wildman–Crippen MR) is 76.9 cm³/mol. The van der Waals surface area contributed by atoms with Crippen molar-refractivity contribution in [3.05, 3.63) is 0 Å². The summed E-state index contributed by atoms with van der Waals surface area (Å²) < 4.78 is 26.3. The number of hydrogen-bond acceptors (Lipinski definition) is 2. The van der Waals surface area contributed by atoms with E-state index in [2.05, 4.69) is 5.32 Å². The number of carbonyl (C=O) groups excluding carboxylic acids is 1. The Morgan fingerprint density at radius 3 is 2.14 bits per heavy atom. The molecule has 2 amide bonds. The van der Waals surface area contributed by atoms with Crippen molar-refractivity contribution in [3.8, 4) is 0 Å². The van der Waals surface area contributed by atoms with Crippen molar-refractivity contribution in [2.45, 2.75) is 69.4 Å². The van der Waals surface area contributed by atoms with Crippen LogP contribution in [0.5, 0.6) is 0 Å². The first-order chi connectivity index (χ1) is 10.3. The molecule has 0 spiro atoms. The largest absolute Gasteiger partial charge is 0.481 e. The van der Waals surface area contributed by atoms with Crippen LogP contribution >= 0.6 is 0 Å². The number of carbonyl (C=O) groups is 2. The van der Waals surface area contributed by atoms with E-state index in [0.29, 0.717) is 38.5 Å². The number of halogens is 2. The van der Waals surface area contributed by atoms with E-state index in [4.69, 9.17) is 5.11 Å². The Kier molecular flexibility index (Phi) is 5.24. The zero-order valence-corrected chi connectivity index (χ0v) is 12.9. The molecule has 2 aliphatic rings. The van der Waals surface area contributed by atoms with Crippen LogP contribution in [0.15, 0.2) is 0 Å². The first kappa shape index (κ1) is 17.0. The number of nitrogens with zero attached hydrogens (tertiary/aromatic N) is 1. The third kappa shape index (κ3) is 4.30. The average molecular weight is 318 g/mol. The van der Waals surface area contributed by atoms with Crippen LogP contribution in [0.2, 0.25) is 0 Å². The zero-order valence-electron chi connectivity index (χ0n) is 12.9. The van der Waals surface area contributed by atoms with E-state index in [9.17, 15) is 18.4 Å². The van der Waals surface area contributed by atoms with Gasteiger partial charge in [0.2, 0.25) is 5.92 Å². The fourth-order valence-electron chi connectivity index (χ4n) is 3.34. The Labute approximate surface area is 129 Å². The lowest BCUT2D eigenvalue weighted by atomic mass is 9.86. The van der Waals surface area contributed by atoms with E-state index >= 15 is 0 Å². The maximum absolute atomic E-state index is 13.1. The molecule has 2 rings (SSSR count). The molecule has 5 nitrogen and oxygen atoms in total. The van der Waals surface area contributed by atoms with Crippen molar-refractivity contribution < 1.29 is 23.5 Å². The Morgan fingerprint density at radius 2 is 1.64 bits per heavy atom. The van der Waals surface area contributed by atoms with Crippen LogP contribution in [0.25, 0.3) is 0 Å². The molecule has 2 saturated carbocycles. The third-order valence-corrected chi connectivity index (χ3v) is 4.96. The number of hydrogen-bond donors (Lipinski definition) is 2. The molecule has 2 N–H and O–H groups in total. The lowest BCUT2D eigenvalue weighted by molar-refractivity contribution is -0.142. The van der Waals surface area contributed by atoms with Crippen LogP contribution in [0.4, 0.5) is 13.6 Å². The lowest BCUT2D eigenvalue weighted by Gasteiger charge is -2.36. The summed E-state index contributed by atoms with van der Waals surface area (Å²) in [6, 6.07) is -0.403. The van der Waals surface area contributed by atoms with Crippen molar-refractivity contribution in [1.29, 1.82) is 0 Å². The minimum atomic E-state index is -2.59. The summed E-state index contributed by atoms with van der Waals surface area (Å²) in [7, 11) is 1.65. The standard InChI is InChI=1S/C15H24F2N2O3/c1-19(12-6-8-15(16,17)9-7-12)14(22)18-11-4-2-10(3-5-11)13(20)21/h10-12H,2-9H2,1H3,(H,18,22)(H,20,21). The van der Waals surface area contributed by atoms with E-state index in [1.54, 1.807) is 7.05 Å². The minimum Gasteiger partial charge on any atom is -0.481 e. The smallest absolute Gasteiger partial charge is 0.317 e. The summed E-state index contributed by atoms with van der Waals surface area (Å²) in [5.41, 5.74) is 0. The number of amides is 2. The van der Waals surface area contributed by atoms with Gasteiger partial charge in [0.25, 0.3) is 0 Å². The number of carboxylic acids is 1. The van der Waals surface area contributed by atoms with Crippen LogP contribution < -0.4 is 5.32 Å². The zero-order chi connectivity index (χ0) is 16.3. The highest BCUT2D eigenvalue weighted by molar-refractivity contribution is 5.74. The second-order valence-corrected chi connectivity index (χ2v) is 6.53. The molecule has 2 aliphatic carbocycles. The van der Waals surface area contributed by atoms with Gasteiger partial charge in [-0.25, -0.2) is 13.6 Å². The van der Waals surface area contributed by atoms with Crippen molar-refractivity contribution in [2.75, 3.05) is 7.05 Å². The van der Waals surface area contributed by atoms with Gasteiger partial charge in [-0.15, -0.1) is 0 Å². The van der Waals surface area contributed by atoms with Crippen LogP contribution in [-0.2, 0) is 4.79 Å². The lowest BCUT2D eigenvalue weighted by Crippen LogP contribution is -2.49. The number of urea groups is 1. The molecule has 0 unspecified atom stereocenters. The van der Waals surface area contributed by atoms with Gasteiger partial charge in [0, 0.05) is 32.0 Å². The Morgan fingerprint density at radius 1 is 1.09 bits per heavy atom. The van der Waals surface area contributed by atoms with Crippen molar-refractivity contribution in [2.24, 2.45) is 5.92 Å². The molecule has 0 aromatic heterocycles. The molecule has 0 saturated heterocycles. The number of aliphatic carboxylic acids is 1.